The molecule has 0 bridgehead atoms. The lowest BCUT2D eigenvalue weighted by Gasteiger charge is -2.29. The second-order valence-electron chi connectivity index (χ2n) is 5.57. The van der Waals surface area contributed by atoms with Crippen LogP contribution < -0.4 is 5.73 Å². The Balaban J connectivity index is 2.11. The molecule has 1 fully saturated rings. The fourth-order valence-corrected chi connectivity index (χ4v) is 2.87. The van der Waals surface area contributed by atoms with Crippen molar-refractivity contribution in [1.29, 1.82) is 0 Å². The number of hydrogen-bond donors (Lipinski definition) is 1. The van der Waals surface area contributed by atoms with Crippen LogP contribution in [-0.4, -0.2) is 24.5 Å². The van der Waals surface area contributed by atoms with E-state index in [4.69, 9.17) is 5.73 Å². The molecule has 1 saturated heterocycles. The highest BCUT2D eigenvalue weighted by Crippen LogP contribution is 2.35. The SMILES string of the molecule is CCC(c1ccccc1)N1CCC(C)(CN)C1. The number of rotatable bonds is 4. The van der Waals surface area contributed by atoms with E-state index in [-0.39, 0.29) is 0 Å². The van der Waals surface area contributed by atoms with Crippen LogP contribution in [0.25, 0.3) is 0 Å². The van der Waals surface area contributed by atoms with Gasteiger partial charge < -0.3 is 5.73 Å². The van der Waals surface area contributed by atoms with Gasteiger partial charge >= 0.3 is 0 Å². The van der Waals surface area contributed by atoms with E-state index >= 15 is 0 Å². The highest BCUT2D eigenvalue weighted by atomic mass is 15.2. The summed E-state index contributed by atoms with van der Waals surface area (Å²) in [6.07, 6.45) is 2.40. The highest BCUT2D eigenvalue weighted by molar-refractivity contribution is 5.19. The highest BCUT2D eigenvalue weighted by Gasteiger charge is 2.35. The standard InChI is InChI=1S/C15H24N2/c1-3-14(13-7-5-4-6-8-13)17-10-9-15(2,11-16)12-17/h4-8,14H,3,9-12,16H2,1-2H3. The van der Waals surface area contributed by atoms with Gasteiger partial charge in [-0.05, 0) is 36.9 Å². The number of nitrogens with two attached hydrogens (primary N) is 1. The predicted molar refractivity (Wildman–Crippen MR) is 72.8 cm³/mol. The molecule has 17 heavy (non-hydrogen) atoms. The van der Waals surface area contributed by atoms with E-state index in [1.54, 1.807) is 0 Å². The minimum Gasteiger partial charge on any atom is -0.330 e. The van der Waals surface area contributed by atoms with Gasteiger partial charge in [-0.25, -0.2) is 0 Å². The monoisotopic (exact) mass is 232 g/mol. The molecule has 0 aromatic heterocycles. The van der Waals surface area contributed by atoms with E-state index < -0.39 is 0 Å². The second-order valence-corrected chi connectivity index (χ2v) is 5.57. The zero-order valence-electron chi connectivity index (χ0n) is 11.0. The van der Waals surface area contributed by atoms with Crippen LogP contribution >= 0.6 is 0 Å². The second kappa shape index (κ2) is 5.19. The summed E-state index contributed by atoms with van der Waals surface area (Å²) in [6.45, 7) is 7.70. The van der Waals surface area contributed by atoms with Crippen LogP contribution in [0.2, 0.25) is 0 Å². The Bertz CT molecular complexity index is 349. The van der Waals surface area contributed by atoms with Gasteiger partial charge in [0.1, 0.15) is 0 Å². The van der Waals surface area contributed by atoms with Crippen molar-refractivity contribution in [2.45, 2.75) is 32.7 Å². The van der Waals surface area contributed by atoms with Crippen LogP contribution in [0.4, 0.5) is 0 Å². The van der Waals surface area contributed by atoms with Gasteiger partial charge in [0.25, 0.3) is 0 Å². The van der Waals surface area contributed by atoms with Crippen LogP contribution in [0, 0.1) is 5.41 Å². The zero-order chi connectivity index (χ0) is 12.3. The van der Waals surface area contributed by atoms with E-state index in [0.29, 0.717) is 11.5 Å². The van der Waals surface area contributed by atoms with E-state index in [2.05, 4.69) is 49.1 Å². The molecule has 2 nitrogen and oxygen atoms in total. The molecule has 2 atom stereocenters. The lowest BCUT2D eigenvalue weighted by molar-refractivity contribution is 0.209. The predicted octanol–water partition coefficient (Wildman–Crippen LogP) is 2.81. The maximum Gasteiger partial charge on any atom is 0.0345 e. The Morgan fingerprint density at radius 3 is 2.59 bits per heavy atom. The normalized spacial score (nSPS) is 27.2. The first-order valence-corrected chi connectivity index (χ1v) is 6.67. The first-order valence-electron chi connectivity index (χ1n) is 6.67. The quantitative estimate of drug-likeness (QED) is 0.865. The topological polar surface area (TPSA) is 29.3 Å². The van der Waals surface area contributed by atoms with Gasteiger partial charge in [-0.2, -0.15) is 0 Å². The van der Waals surface area contributed by atoms with Gasteiger partial charge in [-0.15, -0.1) is 0 Å². The van der Waals surface area contributed by atoms with Gasteiger partial charge in [0.2, 0.25) is 0 Å². The summed E-state index contributed by atoms with van der Waals surface area (Å²) in [7, 11) is 0. The molecule has 0 aliphatic carbocycles. The molecule has 1 aliphatic rings. The molecule has 2 heteroatoms. The third-order valence-corrected chi connectivity index (χ3v) is 4.09. The van der Waals surface area contributed by atoms with Crippen molar-refractivity contribution in [3.05, 3.63) is 35.9 Å². The Hall–Kier alpha value is -0.860. The van der Waals surface area contributed by atoms with Crippen molar-refractivity contribution in [3.8, 4) is 0 Å². The van der Waals surface area contributed by atoms with Crippen LogP contribution in [0.15, 0.2) is 30.3 Å². The van der Waals surface area contributed by atoms with Gasteiger partial charge in [0, 0.05) is 12.6 Å². The summed E-state index contributed by atoms with van der Waals surface area (Å²) in [6, 6.07) is 11.4. The van der Waals surface area contributed by atoms with Gasteiger partial charge in [0.05, 0.1) is 0 Å². The molecule has 0 radical (unpaired) electrons. The van der Waals surface area contributed by atoms with Crippen LogP contribution in [-0.2, 0) is 0 Å². The summed E-state index contributed by atoms with van der Waals surface area (Å²) in [5.74, 6) is 0. The number of nitrogens with zero attached hydrogens (tertiary/aromatic N) is 1. The van der Waals surface area contributed by atoms with Crippen LogP contribution in [0.3, 0.4) is 0 Å². The Morgan fingerprint density at radius 2 is 2.06 bits per heavy atom. The van der Waals surface area contributed by atoms with Crippen LogP contribution in [0.1, 0.15) is 38.3 Å². The molecule has 94 valence electrons. The summed E-state index contributed by atoms with van der Waals surface area (Å²) < 4.78 is 0. The van der Waals surface area contributed by atoms with Crippen molar-refractivity contribution in [2.75, 3.05) is 19.6 Å². The Morgan fingerprint density at radius 1 is 1.35 bits per heavy atom. The van der Waals surface area contributed by atoms with Crippen molar-refractivity contribution in [1.82, 2.24) is 4.90 Å². The van der Waals surface area contributed by atoms with E-state index in [9.17, 15) is 0 Å². The van der Waals surface area contributed by atoms with E-state index in [1.165, 1.54) is 24.9 Å². The molecule has 0 saturated carbocycles. The van der Waals surface area contributed by atoms with Gasteiger partial charge in [0.15, 0.2) is 0 Å². The maximum atomic E-state index is 5.88. The lowest BCUT2D eigenvalue weighted by atomic mass is 9.90. The summed E-state index contributed by atoms with van der Waals surface area (Å²) in [5.41, 5.74) is 7.65. The van der Waals surface area contributed by atoms with Crippen molar-refractivity contribution in [3.63, 3.8) is 0 Å². The fraction of sp³-hybridized carbons (Fsp3) is 0.600. The Labute approximate surface area is 105 Å². The zero-order valence-corrected chi connectivity index (χ0v) is 11.0. The summed E-state index contributed by atoms with van der Waals surface area (Å²) in [5, 5.41) is 0. The van der Waals surface area contributed by atoms with Crippen molar-refractivity contribution >= 4 is 0 Å². The molecule has 0 spiro atoms. The largest absolute Gasteiger partial charge is 0.330 e. The average Bonchev–Trinajstić information content (AvgIpc) is 2.75. The molecule has 2 rings (SSSR count). The van der Waals surface area contributed by atoms with Crippen molar-refractivity contribution in [2.24, 2.45) is 11.1 Å². The number of hydrogen-bond acceptors (Lipinski definition) is 2. The Kier molecular flexibility index (Phi) is 3.85. The van der Waals surface area contributed by atoms with E-state index in [0.717, 1.165) is 13.1 Å². The first kappa shape index (κ1) is 12.6. The summed E-state index contributed by atoms with van der Waals surface area (Å²) >= 11 is 0. The molecule has 1 aromatic rings. The third kappa shape index (κ3) is 2.70. The van der Waals surface area contributed by atoms with Gasteiger partial charge in [-0.3, -0.25) is 4.90 Å². The molecular weight excluding hydrogens is 208 g/mol. The minimum atomic E-state index is 0.322. The van der Waals surface area contributed by atoms with Crippen molar-refractivity contribution < 1.29 is 0 Å². The number of benzene rings is 1. The van der Waals surface area contributed by atoms with Gasteiger partial charge in [-0.1, -0.05) is 44.2 Å². The van der Waals surface area contributed by atoms with Crippen LogP contribution in [0.5, 0.6) is 0 Å². The lowest BCUT2D eigenvalue weighted by Crippen LogP contribution is -2.33. The molecule has 2 unspecified atom stereocenters. The maximum absolute atomic E-state index is 5.88. The fourth-order valence-electron chi connectivity index (χ4n) is 2.87. The smallest absolute Gasteiger partial charge is 0.0345 e. The van der Waals surface area contributed by atoms with E-state index in [1.807, 2.05) is 0 Å². The minimum absolute atomic E-state index is 0.322. The third-order valence-electron chi connectivity index (χ3n) is 4.09. The molecule has 0 amide bonds. The first-order chi connectivity index (χ1) is 8.18. The average molecular weight is 232 g/mol. The summed E-state index contributed by atoms with van der Waals surface area (Å²) in [4.78, 5) is 2.60. The molecule has 1 aliphatic heterocycles. The molecule has 1 aromatic carbocycles. The molecular formula is C15H24N2. The molecule has 1 heterocycles. The molecule has 2 N–H and O–H groups in total. The number of likely N-dealkylation sites (tertiary alicyclic amines) is 1.